The second-order valence-electron chi connectivity index (χ2n) is 5.95. The molecule has 1 amide bonds. The molecule has 0 saturated heterocycles. The van der Waals surface area contributed by atoms with E-state index in [1.54, 1.807) is 24.5 Å². The van der Waals surface area contributed by atoms with Gasteiger partial charge in [-0.25, -0.2) is 4.68 Å². The van der Waals surface area contributed by atoms with Gasteiger partial charge >= 0.3 is 0 Å². The van der Waals surface area contributed by atoms with Crippen molar-refractivity contribution in [2.24, 2.45) is 0 Å². The van der Waals surface area contributed by atoms with Crippen molar-refractivity contribution in [2.75, 3.05) is 0 Å². The van der Waals surface area contributed by atoms with Gasteiger partial charge in [-0.1, -0.05) is 25.7 Å². The van der Waals surface area contributed by atoms with Gasteiger partial charge in [0.1, 0.15) is 12.2 Å². The van der Waals surface area contributed by atoms with Crippen LogP contribution in [-0.4, -0.2) is 21.7 Å². The van der Waals surface area contributed by atoms with Crippen LogP contribution in [0.15, 0.2) is 39.7 Å². The van der Waals surface area contributed by atoms with Crippen molar-refractivity contribution in [3.8, 4) is 11.5 Å². The van der Waals surface area contributed by atoms with E-state index in [0.717, 1.165) is 25.7 Å². The Labute approximate surface area is 134 Å². The van der Waals surface area contributed by atoms with Crippen LogP contribution in [0.25, 0.3) is 11.5 Å². The molecule has 0 aliphatic heterocycles. The van der Waals surface area contributed by atoms with Crippen molar-refractivity contribution in [1.29, 1.82) is 0 Å². The molecule has 122 valence electrons. The molecule has 3 rings (SSSR count). The van der Waals surface area contributed by atoms with Gasteiger partial charge in [-0.05, 0) is 31.0 Å². The maximum atomic E-state index is 12.2. The Morgan fingerprint density at radius 2 is 2.00 bits per heavy atom. The van der Waals surface area contributed by atoms with Gasteiger partial charge in [-0.2, -0.15) is 5.10 Å². The van der Waals surface area contributed by atoms with Gasteiger partial charge in [0.25, 0.3) is 5.56 Å². The van der Waals surface area contributed by atoms with E-state index in [2.05, 4.69) is 10.4 Å². The number of nitrogens with zero attached hydrogens (tertiary/aromatic N) is 2. The number of hydrogen-bond donors (Lipinski definition) is 1. The summed E-state index contributed by atoms with van der Waals surface area (Å²) in [6.45, 7) is -0.0656. The summed E-state index contributed by atoms with van der Waals surface area (Å²) in [7, 11) is 0. The van der Waals surface area contributed by atoms with Gasteiger partial charge in [-0.15, -0.1) is 0 Å². The highest BCUT2D eigenvalue weighted by atomic mass is 16.3. The Hall–Kier alpha value is -2.37. The third-order valence-electron chi connectivity index (χ3n) is 4.15. The molecule has 23 heavy (non-hydrogen) atoms. The summed E-state index contributed by atoms with van der Waals surface area (Å²) in [5, 5.41) is 7.24. The van der Waals surface area contributed by atoms with E-state index >= 15 is 0 Å². The quantitative estimate of drug-likeness (QED) is 0.879. The van der Waals surface area contributed by atoms with Crippen LogP contribution in [0, 0.1) is 0 Å². The monoisotopic (exact) mass is 315 g/mol. The molecule has 2 aromatic heterocycles. The lowest BCUT2D eigenvalue weighted by Crippen LogP contribution is -2.39. The number of carbonyl (C=O) groups is 1. The SMILES string of the molecule is O=C(Cn1nc(-c2ccco2)ccc1=O)NC1CCCCCC1. The number of rotatable bonds is 4. The van der Waals surface area contributed by atoms with Gasteiger partial charge in [0, 0.05) is 12.1 Å². The maximum Gasteiger partial charge on any atom is 0.267 e. The van der Waals surface area contributed by atoms with Crippen molar-refractivity contribution in [1.82, 2.24) is 15.1 Å². The first kappa shape index (κ1) is 15.5. The van der Waals surface area contributed by atoms with Crippen molar-refractivity contribution < 1.29 is 9.21 Å². The minimum absolute atomic E-state index is 0.0656. The van der Waals surface area contributed by atoms with Gasteiger partial charge in [0.2, 0.25) is 5.91 Å². The van der Waals surface area contributed by atoms with E-state index in [4.69, 9.17) is 4.42 Å². The molecule has 0 unspecified atom stereocenters. The van der Waals surface area contributed by atoms with Gasteiger partial charge in [0.05, 0.1) is 6.26 Å². The topological polar surface area (TPSA) is 77.1 Å². The lowest BCUT2D eigenvalue weighted by Gasteiger charge is -2.16. The minimum atomic E-state index is -0.295. The van der Waals surface area contributed by atoms with Crippen LogP contribution >= 0.6 is 0 Å². The van der Waals surface area contributed by atoms with Gasteiger partial charge in [-0.3, -0.25) is 9.59 Å². The summed E-state index contributed by atoms with van der Waals surface area (Å²) in [6, 6.07) is 6.74. The van der Waals surface area contributed by atoms with E-state index < -0.39 is 0 Å². The average molecular weight is 315 g/mol. The third-order valence-corrected chi connectivity index (χ3v) is 4.15. The van der Waals surface area contributed by atoms with Gasteiger partial charge in [0.15, 0.2) is 5.76 Å². The predicted octanol–water partition coefficient (Wildman–Crippen LogP) is 2.34. The number of carbonyl (C=O) groups excluding carboxylic acids is 1. The fourth-order valence-electron chi connectivity index (χ4n) is 2.95. The van der Waals surface area contributed by atoms with Crippen LogP contribution in [0.3, 0.4) is 0 Å². The van der Waals surface area contributed by atoms with Crippen molar-refractivity contribution in [2.45, 2.75) is 51.1 Å². The molecule has 0 spiro atoms. The Morgan fingerprint density at radius 1 is 1.22 bits per heavy atom. The van der Waals surface area contributed by atoms with Crippen LogP contribution in [0.1, 0.15) is 38.5 Å². The van der Waals surface area contributed by atoms with Crippen LogP contribution in [0.2, 0.25) is 0 Å². The van der Waals surface area contributed by atoms with E-state index in [1.165, 1.54) is 23.6 Å². The summed E-state index contributed by atoms with van der Waals surface area (Å²) in [5.74, 6) is 0.408. The lowest BCUT2D eigenvalue weighted by atomic mass is 10.1. The van der Waals surface area contributed by atoms with E-state index in [9.17, 15) is 9.59 Å². The molecule has 1 N–H and O–H groups in total. The summed E-state index contributed by atoms with van der Waals surface area (Å²) in [5.41, 5.74) is 0.244. The van der Waals surface area contributed by atoms with Crippen molar-refractivity contribution in [3.05, 3.63) is 40.9 Å². The highest BCUT2D eigenvalue weighted by Crippen LogP contribution is 2.17. The number of nitrogens with one attached hydrogen (secondary N) is 1. The molecule has 1 fully saturated rings. The normalized spacial score (nSPS) is 16.0. The van der Waals surface area contributed by atoms with E-state index in [0.29, 0.717) is 11.5 Å². The summed E-state index contributed by atoms with van der Waals surface area (Å²) >= 11 is 0. The van der Waals surface area contributed by atoms with Crippen LogP contribution < -0.4 is 10.9 Å². The van der Waals surface area contributed by atoms with Crippen LogP contribution in [0.4, 0.5) is 0 Å². The van der Waals surface area contributed by atoms with Gasteiger partial charge < -0.3 is 9.73 Å². The molecule has 1 aliphatic carbocycles. The molecule has 0 atom stereocenters. The molecule has 2 aromatic rings. The fraction of sp³-hybridized carbons (Fsp3) is 0.471. The molecule has 1 saturated carbocycles. The zero-order valence-electron chi connectivity index (χ0n) is 13.0. The van der Waals surface area contributed by atoms with Crippen molar-refractivity contribution in [3.63, 3.8) is 0 Å². The molecule has 0 aromatic carbocycles. The number of aromatic nitrogens is 2. The first-order chi connectivity index (χ1) is 11.2. The zero-order chi connectivity index (χ0) is 16.1. The summed E-state index contributed by atoms with van der Waals surface area (Å²) in [4.78, 5) is 24.1. The van der Waals surface area contributed by atoms with Crippen LogP contribution in [0.5, 0.6) is 0 Å². The Bertz CT molecular complexity index is 698. The fourth-order valence-corrected chi connectivity index (χ4v) is 2.95. The van der Waals surface area contributed by atoms with Crippen LogP contribution in [-0.2, 0) is 11.3 Å². The third kappa shape index (κ3) is 4.09. The molecule has 1 aliphatic rings. The highest BCUT2D eigenvalue weighted by Gasteiger charge is 2.16. The maximum absolute atomic E-state index is 12.2. The number of amides is 1. The first-order valence-corrected chi connectivity index (χ1v) is 8.14. The first-order valence-electron chi connectivity index (χ1n) is 8.14. The number of furan rings is 1. The largest absolute Gasteiger partial charge is 0.463 e. The van der Waals surface area contributed by atoms with E-state index in [1.807, 2.05) is 0 Å². The molecule has 0 radical (unpaired) electrons. The molecule has 0 bridgehead atoms. The standard InChI is InChI=1S/C17H21N3O3/c21-16(18-13-6-3-1-2-4-7-13)12-20-17(22)10-9-14(19-20)15-8-5-11-23-15/h5,8-11,13H,1-4,6-7,12H2,(H,18,21). The zero-order valence-corrected chi connectivity index (χ0v) is 13.0. The molecular formula is C17H21N3O3. The average Bonchev–Trinajstić information content (AvgIpc) is 2.95. The number of hydrogen-bond acceptors (Lipinski definition) is 4. The predicted molar refractivity (Wildman–Crippen MR) is 85.8 cm³/mol. The Kier molecular flexibility index (Phi) is 4.90. The second kappa shape index (κ2) is 7.26. The lowest BCUT2D eigenvalue weighted by molar-refractivity contribution is -0.122. The molecular weight excluding hydrogens is 294 g/mol. The smallest absolute Gasteiger partial charge is 0.267 e. The summed E-state index contributed by atoms with van der Waals surface area (Å²) in [6.07, 6.45) is 8.34. The molecule has 6 nitrogen and oxygen atoms in total. The second-order valence-corrected chi connectivity index (χ2v) is 5.95. The Balaban J connectivity index is 1.68. The Morgan fingerprint density at radius 3 is 2.70 bits per heavy atom. The minimum Gasteiger partial charge on any atom is -0.463 e. The highest BCUT2D eigenvalue weighted by molar-refractivity contribution is 5.76. The summed E-state index contributed by atoms with van der Waals surface area (Å²) < 4.78 is 6.46. The molecule has 6 heteroatoms. The van der Waals surface area contributed by atoms with Crippen molar-refractivity contribution >= 4 is 5.91 Å². The van der Waals surface area contributed by atoms with E-state index in [-0.39, 0.29) is 24.1 Å². The molecule has 2 heterocycles.